The molecule has 0 aliphatic carbocycles. The second-order valence-corrected chi connectivity index (χ2v) is 4.15. The molecule has 0 spiro atoms. The van der Waals surface area contributed by atoms with E-state index in [0.717, 1.165) is 18.9 Å². The van der Waals surface area contributed by atoms with Gasteiger partial charge in [0.1, 0.15) is 0 Å². The average molecular weight is 243 g/mol. The molecule has 0 radical (unpaired) electrons. The molecule has 0 unspecified atom stereocenters. The average Bonchev–Trinajstić information content (AvgIpc) is 2.35. The summed E-state index contributed by atoms with van der Waals surface area (Å²) in [5, 5.41) is 0. The van der Waals surface area contributed by atoms with E-state index in [1.54, 1.807) is 0 Å². The molecule has 0 aromatic heterocycles. The van der Waals surface area contributed by atoms with Crippen LogP contribution in [0.4, 0.5) is 14.5 Å². The molecule has 0 bridgehead atoms. The number of hydrogen-bond donors (Lipinski definition) is 1. The van der Waals surface area contributed by atoms with Crippen molar-refractivity contribution in [1.29, 1.82) is 0 Å². The van der Waals surface area contributed by atoms with E-state index >= 15 is 0 Å². The molecule has 3 nitrogen and oxygen atoms in total. The number of rotatable bonds is 3. The molecule has 2 rings (SSSR count). The van der Waals surface area contributed by atoms with Crippen molar-refractivity contribution in [2.75, 3.05) is 25.6 Å². The van der Waals surface area contributed by atoms with Gasteiger partial charge in [-0.2, -0.15) is 4.39 Å². The van der Waals surface area contributed by atoms with Crippen molar-refractivity contribution in [1.82, 2.24) is 0 Å². The first-order valence-electron chi connectivity index (χ1n) is 5.62. The van der Waals surface area contributed by atoms with Gasteiger partial charge >= 0.3 is 0 Å². The first kappa shape index (κ1) is 12.1. The molecular weight excluding hydrogens is 228 g/mol. The Hall–Kier alpha value is -1.36. The quantitative estimate of drug-likeness (QED) is 0.829. The molecule has 2 N–H and O–H groups in total. The van der Waals surface area contributed by atoms with Gasteiger partial charge in [-0.05, 0) is 30.9 Å². The maximum Gasteiger partial charge on any atom is 0.202 e. The Morgan fingerprint density at radius 2 is 2.00 bits per heavy atom. The van der Waals surface area contributed by atoms with Crippen LogP contribution in [0.2, 0.25) is 0 Å². The Bertz CT molecular complexity index is 392. The van der Waals surface area contributed by atoms with Gasteiger partial charge in [-0.1, -0.05) is 0 Å². The predicted octanol–water partition coefficient (Wildman–Crippen LogP) is 2.35. The van der Waals surface area contributed by atoms with Gasteiger partial charge in [0, 0.05) is 13.2 Å². The number of ether oxygens (including phenoxy) is 2. The third-order valence-electron chi connectivity index (χ3n) is 2.88. The van der Waals surface area contributed by atoms with Crippen LogP contribution >= 0.6 is 0 Å². The van der Waals surface area contributed by atoms with Gasteiger partial charge in [0.2, 0.25) is 5.82 Å². The zero-order valence-electron chi connectivity index (χ0n) is 9.42. The maximum atomic E-state index is 13.4. The molecule has 0 atom stereocenters. The van der Waals surface area contributed by atoms with Crippen molar-refractivity contribution < 1.29 is 18.3 Å². The minimum absolute atomic E-state index is 0.121. The molecule has 1 aromatic rings. The number of benzene rings is 1. The molecule has 1 fully saturated rings. The highest BCUT2D eigenvalue weighted by Gasteiger charge is 2.18. The van der Waals surface area contributed by atoms with Crippen molar-refractivity contribution in [3.05, 3.63) is 23.8 Å². The molecule has 1 heterocycles. The number of nitrogens with two attached hydrogens (primary N) is 1. The van der Waals surface area contributed by atoms with Crippen LogP contribution in [0.5, 0.6) is 5.75 Å². The number of anilines is 1. The molecule has 1 saturated heterocycles. The lowest BCUT2D eigenvalue weighted by Gasteiger charge is -2.22. The van der Waals surface area contributed by atoms with Gasteiger partial charge in [-0.3, -0.25) is 0 Å². The van der Waals surface area contributed by atoms with Gasteiger partial charge in [-0.25, -0.2) is 4.39 Å². The van der Waals surface area contributed by atoms with Gasteiger partial charge in [0.05, 0.1) is 12.3 Å². The van der Waals surface area contributed by atoms with Crippen LogP contribution < -0.4 is 10.5 Å². The molecule has 1 aliphatic rings. The van der Waals surface area contributed by atoms with Gasteiger partial charge in [0.15, 0.2) is 11.6 Å². The Labute approximate surface area is 98.5 Å². The van der Waals surface area contributed by atoms with Crippen LogP contribution in [-0.4, -0.2) is 19.8 Å². The van der Waals surface area contributed by atoms with Crippen molar-refractivity contribution in [2.45, 2.75) is 12.8 Å². The fourth-order valence-electron chi connectivity index (χ4n) is 1.81. The monoisotopic (exact) mass is 243 g/mol. The van der Waals surface area contributed by atoms with Crippen LogP contribution in [-0.2, 0) is 4.74 Å². The maximum absolute atomic E-state index is 13.4. The topological polar surface area (TPSA) is 44.5 Å². The molecule has 17 heavy (non-hydrogen) atoms. The van der Waals surface area contributed by atoms with Gasteiger partial charge < -0.3 is 15.2 Å². The van der Waals surface area contributed by atoms with E-state index < -0.39 is 11.6 Å². The number of nitrogen functional groups attached to an aromatic ring is 1. The van der Waals surface area contributed by atoms with Crippen LogP contribution in [0.15, 0.2) is 12.1 Å². The zero-order chi connectivity index (χ0) is 12.3. The fourth-order valence-corrected chi connectivity index (χ4v) is 1.81. The third kappa shape index (κ3) is 2.85. The molecule has 5 heteroatoms. The largest absolute Gasteiger partial charge is 0.488 e. The van der Waals surface area contributed by atoms with Crippen LogP contribution in [0.25, 0.3) is 0 Å². The van der Waals surface area contributed by atoms with E-state index in [-0.39, 0.29) is 11.4 Å². The van der Waals surface area contributed by atoms with Crippen LogP contribution in [0, 0.1) is 17.6 Å². The summed E-state index contributed by atoms with van der Waals surface area (Å²) >= 11 is 0. The predicted molar refractivity (Wildman–Crippen MR) is 59.8 cm³/mol. The van der Waals surface area contributed by atoms with E-state index in [2.05, 4.69) is 0 Å². The summed E-state index contributed by atoms with van der Waals surface area (Å²) in [7, 11) is 0. The number of halogens is 2. The molecule has 0 amide bonds. The van der Waals surface area contributed by atoms with Crippen molar-refractivity contribution in [3.8, 4) is 5.75 Å². The summed E-state index contributed by atoms with van der Waals surface area (Å²) in [6.45, 7) is 1.72. The molecule has 0 saturated carbocycles. The van der Waals surface area contributed by atoms with Crippen LogP contribution in [0.1, 0.15) is 12.8 Å². The minimum Gasteiger partial charge on any atom is -0.488 e. The standard InChI is InChI=1S/C12H15F2NO2/c13-9-1-2-10(15)12(11(9)14)17-7-8-3-5-16-6-4-8/h1-2,8H,3-7,15H2. The first-order chi connectivity index (χ1) is 8.18. The highest BCUT2D eigenvalue weighted by molar-refractivity contribution is 5.53. The van der Waals surface area contributed by atoms with E-state index in [4.69, 9.17) is 15.2 Å². The van der Waals surface area contributed by atoms with E-state index in [1.807, 2.05) is 0 Å². The fraction of sp³-hybridized carbons (Fsp3) is 0.500. The summed E-state index contributed by atoms with van der Waals surface area (Å²) < 4.78 is 36.9. The highest BCUT2D eigenvalue weighted by atomic mass is 19.2. The molecular formula is C12H15F2NO2. The van der Waals surface area contributed by atoms with Crippen molar-refractivity contribution in [3.63, 3.8) is 0 Å². The van der Waals surface area contributed by atoms with E-state index in [9.17, 15) is 8.78 Å². The Balaban J connectivity index is 2.00. The van der Waals surface area contributed by atoms with E-state index in [1.165, 1.54) is 6.07 Å². The van der Waals surface area contributed by atoms with Crippen LogP contribution in [0.3, 0.4) is 0 Å². The van der Waals surface area contributed by atoms with Crippen molar-refractivity contribution >= 4 is 5.69 Å². The summed E-state index contributed by atoms with van der Waals surface area (Å²) in [5.74, 6) is -1.83. The van der Waals surface area contributed by atoms with Gasteiger partial charge in [0.25, 0.3) is 0 Å². The highest BCUT2D eigenvalue weighted by Crippen LogP contribution is 2.28. The zero-order valence-corrected chi connectivity index (χ0v) is 9.42. The third-order valence-corrected chi connectivity index (χ3v) is 2.88. The SMILES string of the molecule is Nc1ccc(F)c(F)c1OCC1CCOCC1. The minimum atomic E-state index is -1.02. The Morgan fingerprint density at radius 3 is 2.71 bits per heavy atom. The lowest BCUT2D eigenvalue weighted by atomic mass is 10.0. The second kappa shape index (κ2) is 5.31. The van der Waals surface area contributed by atoms with Crippen molar-refractivity contribution in [2.24, 2.45) is 5.92 Å². The normalized spacial score (nSPS) is 17.1. The Morgan fingerprint density at radius 1 is 1.29 bits per heavy atom. The second-order valence-electron chi connectivity index (χ2n) is 4.15. The number of hydrogen-bond acceptors (Lipinski definition) is 3. The smallest absolute Gasteiger partial charge is 0.202 e. The summed E-state index contributed by atoms with van der Waals surface area (Å²) in [5.41, 5.74) is 5.67. The lowest BCUT2D eigenvalue weighted by molar-refractivity contribution is 0.0492. The first-order valence-corrected chi connectivity index (χ1v) is 5.62. The molecule has 1 aliphatic heterocycles. The van der Waals surface area contributed by atoms with E-state index in [0.29, 0.717) is 25.7 Å². The summed E-state index contributed by atoms with van der Waals surface area (Å²) in [6, 6.07) is 2.30. The lowest BCUT2D eigenvalue weighted by Crippen LogP contribution is -2.22. The molecule has 94 valence electrons. The Kier molecular flexibility index (Phi) is 3.78. The molecule has 1 aromatic carbocycles. The summed E-state index contributed by atoms with van der Waals surface area (Å²) in [6.07, 6.45) is 1.74. The summed E-state index contributed by atoms with van der Waals surface area (Å²) in [4.78, 5) is 0. The van der Waals surface area contributed by atoms with Gasteiger partial charge in [-0.15, -0.1) is 0 Å².